The lowest BCUT2D eigenvalue weighted by Crippen LogP contribution is -2.15. The highest BCUT2D eigenvalue weighted by atomic mass is 79.9. The van der Waals surface area contributed by atoms with Crippen LogP contribution in [0.2, 0.25) is 0 Å². The number of carbonyl (C=O) groups is 1. The third-order valence-electron chi connectivity index (χ3n) is 3.78. The van der Waals surface area contributed by atoms with Gasteiger partial charge in [0.05, 0.1) is 19.9 Å². The Kier molecular flexibility index (Phi) is 6.15. The van der Waals surface area contributed by atoms with Crippen molar-refractivity contribution in [1.82, 2.24) is 9.78 Å². The Morgan fingerprint density at radius 3 is 2.54 bits per heavy atom. The Balaban J connectivity index is 1.68. The number of methoxy groups -OCH3 is 2. The summed E-state index contributed by atoms with van der Waals surface area (Å²) in [7, 11) is 3.05. The third kappa shape index (κ3) is 4.42. The molecule has 146 valence electrons. The number of nitrogens with zero attached hydrogens (tertiary/aromatic N) is 2. The first kappa shape index (κ1) is 19.7. The van der Waals surface area contributed by atoms with Crippen LogP contribution in [0, 0.1) is 5.82 Å². The molecule has 28 heavy (non-hydrogen) atoms. The Labute approximate surface area is 169 Å². The fourth-order valence-electron chi connectivity index (χ4n) is 2.42. The van der Waals surface area contributed by atoms with Gasteiger partial charge in [-0.25, -0.2) is 9.07 Å². The lowest BCUT2D eigenvalue weighted by atomic mass is 10.3. The first-order chi connectivity index (χ1) is 13.5. The number of carbonyl (C=O) groups excluding carboxylic acids is 1. The zero-order valence-corrected chi connectivity index (χ0v) is 16.7. The van der Waals surface area contributed by atoms with Crippen molar-refractivity contribution in [3.05, 3.63) is 64.6 Å². The molecule has 1 amide bonds. The summed E-state index contributed by atoms with van der Waals surface area (Å²) in [6, 6.07) is 11.1. The summed E-state index contributed by atoms with van der Waals surface area (Å²) in [5.74, 6) is 0.361. The number of halogens is 2. The van der Waals surface area contributed by atoms with Gasteiger partial charge in [0.1, 0.15) is 5.82 Å². The summed E-state index contributed by atoms with van der Waals surface area (Å²) in [6.07, 6.45) is 1.58. The number of rotatable bonds is 7. The summed E-state index contributed by atoms with van der Waals surface area (Å²) in [6.45, 7) is 0.0245. The van der Waals surface area contributed by atoms with Crippen molar-refractivity contribution >= 4 is 27.5 Å². The Morgan fingerprint density at radius 1 is 1.18 bits per heavy atom. The third-order valence-corrected chi connectivity index (χ3v) is 4.27. The number of ether oxygens (including phenoxy) is 3. The van der Waals surface area contributed by atoms with Crippen LogP contribution in [0.25, 0.3) is 0 Å². The second kappa shape index (κ2) is 8.75. The molecule has 3 rings (SSSR count). The van der Waals surface area contributed by atoms with Crippen molar-refractivity contribution < 1.29 is 23.4 Å². The lowest BCUT2D eigenvalue weighted by Gasteiger charge is -2.13. The molecule has 2 aromatic carbocycles. The van der Waals surface area contributed by atoms with E-state index in [1.54, 1.807) is 30.5 Å². The monoisotopic (exact) mass is 449 g/mol. The van der Waals surface area contributed by atoms with Crippen molar-refractivity contribution in [3.63, 3.8) is 0 Å². The van der Waals surface area contributed by atoms with E-state index in [-0.39, 0.29) is 18.1 Å². The standard InChI is InChI=1S/C19H17BrFN3O4/c1-26-16-4-3-5-17(27-2)18(16)28-11-24-9-8-15(23-24)19(25)22-14-7-6-12(20)10-13(14)21/h3-10H,11H2,1-2H3,(H,22,25). The molecule has 0 atom stereocenters. The highest BCUT2D eigenvalue weighted by Gasteiger charge is 2.14. The Bertz CT molecular complexity index is 971. The zero-order valence-electron chi connectivity index (χ0n) is 15.1. The van der Waals surface area contributed by atoms with Gasteiger partial charge in [0, 0.05) is 10.7 Å². The highest BCUT2D eigenvalue weighted by Crippen LogP contribution is 2.36. The number of nitrogens with one attached hydrogen (secondary N) is 1. The lowest BCUT2D eigenvalue weighted by molar-refractivity contribution is 0.101. The van der Waals surface area contributed by atoms with E-state index in [1.807, 2.05) is 0 Å². The molecule has 0 bridgehead atoms. The molecular weight excluding hydrogens is 433 g/mol. The van der Waals surface area contributed by atoms with E-state index in [2.05, 4.69) is 26.3 Å². The minimum Gasteiger partial charge on any atom is -0.493 e. The van der Waals surface area contributed by atoms with Crippen LogP contribution in [0.15, 0.2) is 53.1 Å². The van der Waals surface area contributed by atoms with Crippen LogP contribution in [-0.2, 0) is 6.73 Å². The predicted molar refractivity (Wildman–Crippen MR) is 104 cm³/mol. The molecule has 0 aliphatic heterocycles. The normalized spacial score (nSPS) is 10.4. The van der Waals surface area contributed by atoms with Crippen LogP contribution in [0.1, 0.15) is 10.5 Å². The zero-order chi connectivity index (χ0) is 20.1. The molecule has 0 aliphatic rings. The van der Waals surface area contributed by atoms with Crippen LogP contribution < -0.4 is 19.5 Å². The summed E-state index contributed by atoms with van der Waals surface area (Å²) < 4.78 is 32.1. The van der Waals surface area contributed by atoms with Crippen molar-refractivity contribution in [3.8, 4) is 17.2 Å². The molecule has 0 fully saturated rings. The Hall–Kier alpha value is -3.07. The maximum atomic E-state index is 13.9. The van der Waals surface area contributed by atoms with E-state index in [9.17, 15) is 9.18 Å². The van der Waals surface area contributed by atoms with E-state index < -0.39 is 11.7 Å². The van der Waals surface area contributed by atoms with Crippen molar-refractivity contribution in [2.24, 2.45) is 0 Å². The minimum absolute atomic E-state index is 0.0245. The van der Waals surface area contributed by atoms with Gasteiger partial charge < -0.3 is 19.5 Å². The Morgan fingerprint density at radius 2 is 1.89 bits per heavy atom. The van der Waals surface area contributed by atoms with Gasteiger partial charge in [-0.15, -0.1) is 0 Å². The molecule has 3 aromatic rings. The van der Waals surface area contributed by atoms with Gasteiger partial charge in [-0.1, -0.05) is 22.0 Å². The van der Waals surface area contributed by atoms with E-state index in [0.29, 0.717) is 21.7 Å². The largest absolute Gasteiger partial charge is 0.493 e. The van der Waals surface area contributed by atoms with Gasteiger partial charge >= 0.3 is 0 Å². The number of benzene rings is 2. The molecule has 9 heteroatoms. The average Bonchev–Trinajstić information content (AvgIpc) is 3.17. The van der Waals surface area contributed by atoms with Crippen LogP contribution in [0.3, 0.4) is 0 Å². The molecule has 0 unspecified atom stereocenters. The van der Waals surface area contributed by atoms with Gasteiger partial charge in [-0.3, -0.25) is 4.79 Å². The molecule has 0 spiro atoms. The summed E-state index contributed by atoms with van der Waals surface area (Å²) in [5, 5.41) is 6.63. The predicted octanol–water partition coefficient (Wildman–Crippen LogP) is 4.09. The van der Waals surface area contributed by atoms with Crippen molar-refractivity contribution in [1.29, 1.82) is 0 Å². The van der Waals surface area contributed by atoms with Gasteiger partial charge in [0.2, 0.25) is 5.75 Å². The smallest absolute Gasteiger partial charge is 0.276 e. The fraction of sp³-hybridized carbons (Fsp3) is 0.158. The first-order valence-corrected chi connectivity index (χ1v) is 8.94. The maximum Gasteiger partial charge on any atom is 0.276 e. The van der Waals surface area contributed by atoms with Gasteiger partial charge in [-0.05, 0) is 36.4 Å². The van der Waals surface area contributed by atoms with E-state index in [4.69, 9.17) is 14.2 Å². The molecular formula is C19H17BrFN3O4. The summed E-state index contributed by atoms with van der Waals surface area (Å²) >= 11 is 3.17. The van der Waals surface area contributed by atoms with E-state index in [1.165, 1.54) is 37.1 Å². The highest BCUT2D eigenvalue weighted by molar-refractivity contribution is 9.10. The molecule has 1 heterocycles. The minimum atomic E-state index is -0.547. The SMILES string of the molecule is COc1cccc(OC)c1OCn1ccc(C(=O)Nc2ccc(Br)cc2F)n1. The van der Waals surface area contributed by atoms with Crippen LogP contribution in [0.5, 0.6) is 17.2 Å². The number of hydrogen-bond donors (Lipinski definition) is 1. The summed E-state index contributed by atoms with van der Waals surface area (Å²) in [4.78, 5) is 12.3. The number of amides is 1. The quantitative estimate of drug-likeness (QED) is 0.587. The molecule has 0 saturated heterocycles. The van der Waals surface area contributed by atoms with Gasteiger partial charge in [0.15, 0.2) is 23.9 Å². The second-order valence-electron chi connectivity index (χ2n) is 5.58. The molecule has 0 aliphatic carbocycles. The van der Waals surface area contributed by atoms with E-state index >= 15 is 0 Å². The second-order valence-corrected chi connectivity index (χ2v) is 6.50. The average molecular weight is 450 g/mol. The number of aromatic nitrogens is 2. The van der Waals surface area contributed by atoms with Crippen molar-refractivity contribution in [2.45, 2.75) is 6.73 Å². The first-order valence-electron chi connectivity index (χ1n) is 8.15. The van der Waals surface area contributed by atoms with Gasteiger partial charge in [-0.2, -0.15) is 5.10 Å². The molecule has 7 nitrogen and oxygen atoms in total. The fourth-order valence-corrected chi connectivity index (χ4v) is 2.76. The molecule has 1 N–H and O–H groups in total. The van der Waals surface area contributed by atoms with Crippen molar-refractivity contribution in [2.75, 3.05) is 19.5 Å². The molecule has 1 aromatic heterocycles. The van der Waals surface area contributed by atoms with E-state index in [0.717, 1.165) is 0 Å². The van der Waals surface area contributed by atoms with Crippen LogP contribution >= 0.6 is 15.9 Å². The topological polar surface area (TPSA) is 74.6 Å². The van der Waals surface area contributed by atoms with Crippen LogP contribution in [0.4, 0.5) is 10.1 Å². The number of para-hydroxylation sites is 1. The van der Waals surface area contributed by atoms with Gasteiger partial charge in [0.25, 0.3) is 5.91 Å². The maximum absolute atomic E-state index is 13.9. The molecule has 0 saturated carbocycles. The summed E-state index contributed by atoms with van der Waals surface area (Å²) in [5.41, 5.74) is 0.190. The van der Waals surface area contributed by atoms with Crippen LogP contribution in [-0.4, -0.2) is 29.9 Å². The number of hydrogen-bond acceptors (Lipinski definition) is 5. The molecule has 0 radical (unpaired) electrons. The number of anilines is 1.